The summed E-state index contributed by atoms with van der Waals surface area (Å²) in [6.45, 7) is 3.46. The van der Waals surface area contributed by atoms with Crippen LogP contribution in [0.5, 0.6) is 0 Å². The van der Waals surface area contributed by atoms with Crippen LogP contribution in [-0.4, -0.2) is 40.3 Å². The molecule has 0 saturated carbocycles. The van der Waals surface area contributed by atoms with Crippen LogP contribution in [0, 0.1) is 0 Å². The summed E-state index contributed by atoms with van der Waals surface area (Å²) in [6, 6.07) is 0. The Bertz CT molecular complexity index is 108. The molecule has 68 valence electrons. The highest BCUT2D eigenvalue weighted by Crippen LogP contribution is 2.04. The molecule has 4 nitrogen and oxygen atoms in total. The lowest BCUT2D eigenvalue weighted by Crippen LogP contribution is -2.56. The Hall–Kier alpha value is -0.160. The molecular weight excluding hydrogens is 146 g/mol. The fourth-order valence-corrected chi connectivity index (χ4v) is 0.677. The predicted molar refractivity (Wildman–Crippen MR) is 42.0 cm³/mol. The van der Waals surface area contributed by atoms with Crippen LogP contribution in [0.3, 0.4) is 0 Å². The van der Waals surface area contributed by atoms with E-state index in [4.69, 9.17) is 10.2 Å². The summed E-state index contributed by atoms with van der Waals surface area (Å²) < 4.78 is 0. The van der Waals surface area contributed by atoms with Crippen molar-refractivity contribution in [2.75, 3.05) is 13.2 Å². The van der Waals surface area contributed by atoms with Crippen molar-refractivity contribution in [2.45, 2.75) is 32.1 Å². The number of aliphatic hydroxyl groups is 3. The minimum absolute atomic E-state index is 0.481. The normalized spacial score (nSPS) is 19.4. The van der Waals surface area contributed by atoms with E-state index in [0.29, 0.717) is 6.54 Å². The molecule has 0 aliphatic rings. The molecule has 11 heavy (non-hydrogen) atoms. The van der Waals surface area contributed by atoms with Gasteiger partial charge >= 0.3 is 0 Å². The van der Waals surface area contributed by atoms with Gasteiger partial charge in [0.2, 0.25) is 0 Å². The van der Waals surface area contributed by atoms with Crippen LogP contribution in [0.4, 0.5) is 0 Å². The quantitative estimate of drug-likeness (QED) is 0.394. The minimum Gasteiger partial charge on any atom is -0.392 e. The fraction of sp³-hybridized carbons (Fsp3) is 1.00. The number of rotatable bonds is 5. The maximum absolute atomic E-state index is 9.42. The van der Waals surface area contributed by atoms with E-state index in [1.807, 2.05) is 6.92 Å². The van der Waals surface area contributed by atoms with Crippen LogP contribution < -0.4 is 5.32 Å². The van der Waals surface area contributed by atoms with Crippen molar-refractivity contribution in [1.82, 2.24) is 5.32 Å². The minimum atomic E-state index is -1.55. The Morgan fingerprint density at radius 1 is 1.55 bits per heavy atom. The number of nitrogens with one attached hydrogen (secondary N) is 1. The molecule has 0 aromatic carbocycles. The van der Waals surface area contributed by atoms with E-state index in [2.05, 4.69) is 5.32 Å². The van der Waals surface area contributed by atoms with Gasteiger partial charge in [-0.2, -0.15) is 0 Å². The van der Waals surface area contributed by atoms with Crippen molar-refractivity contribution in [3.05, 3.63) is 0 Å². The average Bonchev–Trinajstić information content (AvgIpc) is 2.00. The van der Waals surface area contributed by atoms with E-state index in [9.17, 15) is 5.11 Å². The molecule has 0 radical (unpaired) electrons. The second kappa shape index (κ2) is 4.66. The molecule has 0 aromatic rings. The van der Waals surface area contributed by atoms with Gasteiger partial charge in [0.1, 0.15) is 0 Å². The van der Waals surface area contributed by atoms with Crippen molar-refractivity contribution in [2.24, 2.45) is 0 Å². The van der Waals surface area contributed by atoms with E-state index in [0.717, 1.165) is 6.42 Å². The average molecular weight is 163 g/mol. The molecule has 0 fully saturated rings. The summed E-state index contributed by atoms with van der Waals surface area (Å²) in [6.07, 6.45) is -0.131. The molecule has 2 atom stereocenters. The smallest absolute Gasteiger partial charge is 0.165 e. The van der Waals surface area contributed by atoms with E-state index >= 15 is 0 Å². The van der Waals surface area contributed by atoms with Gasteiger partial charge in [0.15, 0.2) is 5.72 Å². The summed E-state index contributed by atoms with van der Waals surface area (Å²) in [7, 11) is 0. The lowest BCUT2D eigenvalue weighted by atomic mass is 10.1. The van der Waals surface area contributed by atoms with Crippen LogP contribution in [0.25, 0.3) is 0 Å². The monoisotopic (exact) mass is 163 g/mol. The van der Waals surface area contributed by atoms with Gasteiger partial charge in [-0.1, -0.05) is 6.92 Å². The molecule has 4 N–H and O–H groups in total. The summed E-state index contributed by atoms with van der Waals surface area (Å²) in [5.41, 5.74) is -1.55. The summed E-state index contributed by atoms with van der Waals surface area (Å²) >= 11 is 0. The van der Waals surface area contributed by atoms with Crippen LogP contribution in [0.2, 0.25) is 0 Å². The topological polar surface area (TPSA) is 72.7 Å². The van der Waals surface area contributed by atoms with Crippen molar-refractivity contribution in [1.29, 1.82) is 0 Å². The van der Waals surface area contributed by atoms with Crippen molar-refractivity contribution in [3.8, 4) is 0 Å². The zero-order chi connectivity index (χ0) is 8.91. The maximum Gasteiger partial charge on any atom is 0.165 e. The molecule has 2 unspecified atom stereocenters. The van der Waals surface area contributed by atoms with Crippen LogP contribution in [0.1, 0.15) is 20.3 Å². The molecule has 0 bridgehead atoms. The van der Waals surface area contributed by atoms with Crippen LogP contribution >= 0.6 is 0 Å². The Morgan fingerprint density at radius 2 is 2.09 bits per heavy atom. The largest absolute Gasteiger partial charge is 0.392 e. The molecular formula is C7H17NO3. The molecule has 0 spiro atoms. The Balaban J connectivity index is 3.88. The second-order valence-electron chi connectivity index (χ2n) is 2.69. The van der Waals surface area contributed by atoms with E-state index < -0.39 is 18.4 Å². The highest BCUT2D eigenvalue weighted by molar-refractivity contribution is 4.79. The van der Waals surface area contributed by atoms with Gasteiger partial charge in [0.25, 0.3) is 0 Å². The fourth-order valence-electron chi connectivity index (χ4n) is 0.677. The predicted octanol–water partition coefficient (Wildman–Crippen LogP) is -0.952. The van der Waals surface area contributed by atoms with Gasteiger partial charge < -0.3 is 15.3 Å². The first-order valence-corrected chi connectivity index (χ1v) is 3.83. The third-order valence-electron chi connectivity index (χ3n) is 1.61. The summed E-state index contributed by atoms with van der Waals surface area (Å²) in [4.78, 5) is 0. The SMILES string of the molecule is CCCNC(O)(CO)C(C)O. The zero-order valence-corrected chi connectivity index (χ0v) is 7.04. The molecule has 4 heteroatoms. The molecule has 0 heterocycles. The van der Waals surface area contributed by atoms with Crippen LogP contribution in [0.15, 0.2) is 0 Å². The molecule has 0 amide bonds. The van der Waals surface area contributed by atoms with Crippen molar-refractivity contribution in [3.63, 3.8) is 0 Å². The Kier molecular flexibility index (Phi) is 4.60. The van der Waals surface area contributed by atoms with Gasteiger partial charge in [-0.3, -0.25) is 5.32 Å². The summed E-state index contributed by atoms with van der Waals surface area (Å²) in [5, 5.41) is 29.8. The third-order valence-corrected chi connectivity index (χ3v) is 1.61. The lowest BCUT2D eigenvalue weighted by Gasteiger charge is -2.29. The molecule has 0 aromatic heterocycles. The Morgan fingerprint density at radius 3 is 2.36 bits per heavy atom. The molecule has 0 aliphatic heterocycles. The highest BCUT2D eigenvalue weighted by Gasteiger charge is 2.30. The Labute approximate surface area is 66.9 Å². The number of hydrogen-bond acceptors (Lipinski definition) is 4. The maximum atomic E-state index is 9.42. The zero-order valence-electron chi connectivity index (χ0n) is 7.04. The first-order valence-electron chi connectivity index (χ1n) is 3.83. The second-order valence-corrected chi connectivity index (χ2v) is 2.69. The van der Waals surface area contributed by atoms with Gasteiger partial charge in [0.05, 0.1) is 12.7 Å². The first kappa shape index (κ1) is 10.8. The van der Waals surface area contributed by atoms with Gasteiger partial charge in [-0.05, 0) is 19.9 Å². The summed E-state index contributed by atoms with van der Waals surface area (Å²) in [5.74, 6) is 0. The standard InChI is InChI=1S/C7H17NO3/c1-3-4-8-7(11,5-9)6(2)10/h6,8-11H,3-5H2,1-2H3. The number of hydrogen-bond donors (Lipinski definition) is 4. The number of aliphatic hydroxyl groups excluding tert-OH is 2. The van der Waals surface area contributed by atoms with E-state index in [1.165, 1.54) is 6.92 Å². The lowest BCUT2D eigenvalue weighted by molar-refractivity contribution is -0.119. The molecule has 0 saturated heterocycles. The van der Waals surface area contributed by atoms with Crippen LogP contribution in [-0.2, 0) is 0 Å². The first-order chi connectivity index (χ1) is 5.06. The van der Waals surface area contributed by atoms with E-state index in [-0.39, 0.29) is 0 Å². The molecule has 0 rings (SSSR count). The van der Waals surface area contributed by atoms with Crippen molar-refractivity contribution < 1.29 is 15.3 Å². The van der Waals surface area contributed by atoms with Gasteiger partial charge in [0, 0.05) is 0 Å². The van der Waals surface area contributed by atoms with Gasteiger partial charge in [-0.15, -0.1) is 0 Å². The van der Waals surface area contributed by atoms with Crippen molar-refractivity contribution >= 4 is 0 Å². The third kappa shape index (κ3) is 3.16. The highest BCUT2D eigenvalue weighted by atomic mass is 16.4. The molecule has 0 aliphatic carbocycles. The van der Waals surface area contributed by atoms with E-state index in [1.54, 1.807) is 0 Å². The van der Waals surface area contributed by atoms with Gasteiger partial charge in [-0.25, -0.2) is 0 Å².